The average Bonchev–Trinajstić information content (AvgIpc) is 3.94. The number of hydrogen-bond donors (Lipinski definition) is 2. The summed E-state index contributed by atoms with van der Waals surface area (Å²) in [7, 11) is 0. The van der Waals surface area contributed by atoms with E-state index in [1.54, 1.807) is 0 Å². The van der Waals surface area contributed by atoms with Crippen molar-refractivity contribution in [1.82, 2.24) is 4.98 Å². The Labute approximate surface area is 429 Å². The van der Waals surface area contributed by atoms with Crippen LogP contribution in [0.15, 0.2) is 54.6 Å². The van der Waals surface area contributed by atoms with Crippen LogP contribution in [0.4, 0.5) is 4.39 Å². The molecule has 2 saturated carbocycles. The van der Waals surface area contributed by atoms with E-state index in [4.69, 9.17) is 21.1 Å². The SMILES string of the molecule is CCCCCC(O)c1cccc(OC[C@H]2C(Cl)CC[C@@H]2CCCc2nc(F)[c-]s2)c1.[CH2-]Cc1cc(C[C@H]2CCC(=O)[C@@H]2COc2cc(C)c(CCO)c(C)c2)ccc1C#N.[Y].[Y]. The number of aromatic nitrogens is 1. The number of alkyl halides is 1. The van der Waals surface area contributed by atoms with Crippen molar-refractivity contribution in [2.45, 2.75) is 122 Å². The first kappa shape index (κ1) is 54.7. The molecule has 62 heavy (non-hydrogen) atoms. The number of ether oxygens (including phenoxy) is 2. The van der Waals surface area contributed by atoms with Gasteiger partial charge in [0.1, 0.15) is 23.2 Å². The number of halogens is 2. The molecule has 2 aliphatic rings. The minimum atomic E-state index is -0.499. The predicted octanol–water partition coefficient (Wildman–Crippen LogP) is 11.0. The first-order chi connectivity index (χ1) is 29.0. The van der Waals surface area contributed by atoms with Crippen LogP contribution in [0, 0.1) is 67.1 Å². The molecule has 0 saturated heterocycles. The van der Waals surface area contributed by atoms with E-state index in [2.05, 4.69) is 36.3 Å². The van der Waals surface area contributed by atoms with Crippen molar-refractivity contribution in [2.75, 3.05) is 19.8 Å². The minimum Gasteiger partial charge on any atom is -0.493 e. The molecule has 2 fully saturated rings. The number of carbonyl (C=O) groups excluding carboxylic acids is 1. The molecule has 0 aliphatic heterocycles. The van der Waals surface area contributed by atoms with Crippen LogP contribution >= 0.6 is 22.9 Å². The zero-order valence-corrected chi connectivity index (χ0v) is 44.0. The van der Waals surface area contributed by atoms with Crippen LogP contribution in [0.25, 0.3) is 0 Å². The topological polar surface area (TPSA) is 113 Å². The van der Waals surface area contributed by atoms with E-state index in [0.29, 0.717) is 49.9 Å². The Balaban J connectivity index is 0.000000320. The van der Waals surface area contributed by atoms with Crippen LogP contribution in [-0.2, 0) is 95.9 Å². The van der Waals surface area contributed by atoms with E-state index in [-0.39, 0.29) is 95.0 Å². The number of nitriles is 1. The van der Waals surface area contributed by atoms with Crippen molar-refractivity contribution in [3.63, 3.8) is 0 Å². The molecule has 2 N–H and O–H groups in total. The van der Waals surface area contributed by atoms with Gasteiger partial charge in [-0.1, -0.05) is 80.3 Å². The predicted molar refractivity (Wildman–Crippen MR) is 238 cm³/mol. The number of thiazole rings is 1. The standard InChI is InChI=1S/C26H30NO3.C24H32ClFNO2S.2Y/c1-4-20-13-19(5-6-22(20)15-27)14-21-7-8-26(29)25(21)16-30-23-11-17(2)24(9-10-28)18(3)12-23;1-2-3-4-10-22(28)18-8-5-9-19(14-18)29-15-20-17(12-13-21(20)25)7-6-11-24-27-23(26)16-30-24;;/h5-6,11-13,21,25,28H,1,4,7-10,14,16H2,2-3H3;5,8-9,14,17,20-22,28H,2-4,6-7,10-13,15H2,1H3;;/q2*-1;;/t21-,25-;17-,20+,21?,22?;;/m10../s1. The third kappa shape index (κ3) is 16.4. The molecule has 6 atom stereocenters. The summed E-state index contributed by atoms with van der Waals surface area (Å²) in [6.07, 6.45) is 12.1. The Morgan fingerprint density at radius 1 is 1.00 bits per heavy atom. The molecule has 2 radical (unpaired) electrons. The second kappa shape index (κ2) is 28.4. The van der Waals surface area contributed by atoms with Gasteiger partial charge in [0.25, 0.3) is 0 Å². The van der Waals surface area contributed by atoms with Gasteiger partial charge in [-0.2, -0.15) is 11.7 Å². The van der Waals surface area contributed by atoms with Gasteiger partial charge in [0.15, 0.2) is 0 Å². The molecular weight excluding hydrogens is 973 g/mol. The quantitative estimate of drug-likeness (QED) is 0.0515. The van der Waals surface area contributed by atoms with Gasteiger partial charge in [-0.05, 0) is 122 Å². The molecule has 0 spiro atoms. The molecule has 330 valence electrons. The van der Waals surface area contributed by atoms with Crippen LogP contribution in [0.2, 0.25) is 0 Å². The Morgan fingerprint density at radius 3 is 2.44 bits per heavy atom. The van der Waals surface area contributed by atoms with Crippen LogP contribution < -0.4 is 9.47 Å². The Hall–Kier alpha value is -1.60. The number of aliphatic hydroxyl groups excluding tert-OH is 2. The second-order valence-electron chi connectivity index (χ2n) is 16.6. The number of ketones is 1. The van der Waals surface area contributed by atoms with Gasteiger partial charge < -0.3 is 42.9 Å². The summed E-state index contributed by atoms with van der Waals surface area (Å²) in [4.78, 5) is 16.4. The summed E-state index contributed by atoms with van der Waals surface area (Å²) >= 11 is 7.87. The first-order valence-corrected chi connectivity index (χ1v) is 23.0. The van der Waals surface area contributed by atoms with Crippen LogP contribution in [0.5, 0.6) is 11.5 Å². The molecule has 1 heterocycles. The van der Waals surface area contributed by atoms with Crippen molar-refractivity contribution in [2.24, 2.45) is 23.7 Å². The van der Waals surface area contributed by atoms with Crippen molar-refractivity contribution >= 4 is 28.7 Å². The van der Waals surface area contributed by atoms with Crippen LogP contribution in [0.1, 0.15) is 121 Å². The molecule has 6 rings (SSSR count). The molecule has 0 amide bonds. The Bertz CT molecular complexity index is 2000. The monoisotopic (exact) mass is 1030 g/mol. The number of unbranched alkanes of at least 4 members (excludes halogenated alkanes) is 2. The molecule has 0 bridgehead atoms. The number of rotatable bonds is 20. The molecule has 12 heteroatoms. The molecule has 3 aromatic carbocycles. The molecule has 7 nitrogen and oxygen atoms in total. The summed E-state index contributed by atoms with van der Waals surface area (Å²) in [5, 5.41) is 32.3. The smallest absolute Gasteiger partial charge is 0.139 e. The fraction of sp³-hybridized carbons (Fsp3) is 0.520. The van der Waals surface area contributed by atoms with E-state index < -0.39 is 12.1 Å². The van der Waals surface area contributed by atoms with Gasteiger partial charge in [-0.25, -0.2) is 4.39 Å². The van der Waals surface area contributed by atoms with Gasteiger partial charge in [0.2, 0.25) is 0 Å². The Morgan fingerprint density at radius 2 is 1.76 bits per heavy atom. The molecule has 4 aromatic rings. The molecular formula is C50H62ClFN2O5SY2-2. The van der Waals surface area contributed by atoms with Gasteiger partial charge in [0, 0.05) is 89.7 Å². The van der Waals surface area contributed by atoms with Gasteiger partial charge >= 0.3 is 0 Å². The summed E-state index contributed by atoms with van der Waals surface area (Å²) < 4.78 is 25.2. The number of nitrogens with zero attached hydrogens (tertiary/aromatic N) is 2. The number of aryl methyl sites for hydroxylation is 3. The van der Waals surface area contributed by atoms with Gasteiger partial charge in [-0.3, -0.25) is 4.79 Å². The number of hydrogen-bond acceptors (Lipinski definition) is 8. The van der Waals surface area contributed by atoms with E-state index in [9.17, 15) is 24.7 Å². The average molecular weight is 1040 g/mol. The molecule has 1 aromatic heterocycles. The fourth-order valence-corrected chi connectivity index (χ4v) is 9.93. The summed E-state index contributed by atoms with van der Waals surface area (Å²) in [5.41, 5.74) is 7.06. The van der Waals surface area contributed by atoms with Crippen molar-refractivity contribution in [3.8, 4) is 17.6 Å². The maximum absolute atomic E-state index is 13.0. The summed E-state index contributed by atoms with van der Waals surface area (Å²) in [6, 6.07) is 19.9. The normalized spacial score (nSPS) is 19.7. The van der Waals surface area contributed by atoms with E-state index in [1.807, 2.05) is 62.4 Å². The van der Waals surface area contributed by atoms with Crippen LogP contribution in [0.3, 0.4) is 0 Å². The maximum atomic E-state index is 13.0. The van der Waals surface area contributed by atoms with Crippen molar-refractivity contribution in [1.29, 1.82) is 5.26 Å². The fourth-order valence-electron chi connectivity index (χ4n) is 8.90. The zero-order valence-electron chi connectivity index (χ0n) is 36.7. The largest absolute Gasteiger partial charge is 0.493 e. The molecule has 2 unspecified atom stereocenters. The Kier molecular flexibility index (Phi) is 25.1. The van der Waals surface area contributed by atoms with Gasteiger partial charge in [0.05, 0.1) is 36.9 Å². The van der Waals surface area contributed by atoms with Crippen molar-refractivity contribution < 1.29 is 94.3 Å². The number of aliphatic hydroxyl groups is 2. The van der Waals surface area contributed by atoms with E-state index in [0.717, 1.165) is 121 Å². The summed E-state index contributed by atoms with van der Waals surface area (Å²) in [6.45, 7) is 11.3. The number of benzene rings is 3. The zero-order chi connectivity index (χ0) is 43.0. The third-order valence-electron chi connectivity index (χ3n) is 12.4. The molecule has 2 aliphatic carbocycles. The van der Waals surface area contributed by atoms with Crippen molar-refractivity contribution in [3.05, 3.63) is 117 Å². The number of Topliss-reactive ketones (excluding diaryl/α,β-unsaturated/α-hetero) is 1. The van der Waals surface area contributed by atoms with E-state index in [1.165, 1.54) is 11.3 Å². The van der Waals surface area contributed by atoms with E-state index >= 15 is 0 Å². The second-order valence-corrected chi connectivity index (χ2v) is 18.0. The summed E-state index contributed by atoms with van der Waals surface area (Å²) in [5.74, 6) is 2.32. The van der Waals surface area contributed by atoms with Gasteiger partial charge in [-0.15, -0.1) is 17.0 Å². The number of carbonyl (C=O) groups is 1. The van der Waals surface area contributed by atoms with Crippen LogP contribution in [-0.4, -0.2) is 46.2 Å². The maximum Gasteiger partial charge on any atom is 0.139 e. The first-order valence-electron chi connectivity index (χ1n) is 21.8. The third-order valence-corrected chi connectivity index (χ3v) is 13.7. The minimum absolute atomic E-state index is 0.